The van der Waals surface area contributed by atoms with Crippen LogP contribution in [0.1, 0.15) is 29.3 Å². The fourth-order valence-corrected chi connectivity index (χ4v) is 1.23. The Hall–Kier alpha value is -1.97. The first-order chi connectivity index (χ1) is 7.15. The number of ketones is 1. The molecule has 1 rings (SSSR count). The first-order valence-electron chi connectivity index (χ1n) is 4.59. The standard InChI is InChI=1S/C11H11NO3/c1-2-11(13)10-6-4-3-5-9(10)7-8-12(14)15/h3-8H,2H2,1H3. The maximum absolute atomic E-state index is 11.5. The van der Waals surface area contributed by atoms with E-state index in [9.17, 15) is 14.9 Å². The van der Waals surface area contributed by atoms with Crippen molar-refractivity contribution in [2.45, 2.75) is 13.3 Å². The molecule has 0 radical (unpaired) electrons. The molecule has 0 unspecified atom stereocenters. The molecule has 0 heterocycles. The van der Waals surface area contributed by atoms with Crippen molar-refractivity contribution in [2.24, 2.45) is 0 Å². The Morgan fingerprint density at radius 3 is 2.73 bits per heavy atom. The van der Waals surface area contributed by atoms with Gasteiger partial charge in [-0.3, -0.25) is 14.9 Å². The van der Waals surface area contributed by atoms with Crippen LogP contribution in [0.15, 0.2) is 30.5 Å². The molecule has 0 amide bonds. The summed E-state index contributed by atoms with van der Waals surface area (Å²) in [6, 6.07) is 6.84. The summed E-state index contributed by atoms with van der Waals surface area (Å²) < 4.78 is 0. The minimum Gasteiger partial charge on any atom is -0.294 e. The molecule has 78 valence electrons. The van der Waals surface area contributed by atoms with Crippen LogP contribution in [-0.4, -0.2) is 10.7 Å². The molecule has 1 aromatic carbocycles. The summed E-state index contributed by atoms with van der Waals surface area (Å²) in [5.74, 6) is -0.0152. The molecule has 0 spiro atoms. The summed E-state index contributed by atoms with van der Waals surface area (Å²) >= 11 is 0. The number of nitrogens with zero attached hydrogens (tertiary/aromatic N) is 1. The molecule has 15 heavy (non-hydrogen) atoms. The molecule has 4 nitrogen and oxygen atoms in total. The average Bonchev–Trinajstić information content (AvgIpc) is 2.25. The smallest absolute Gasteiger partial charge is 0.235 e. The largest absolute Gasteiger partial charge is 0.294 e. The van der Waals surface area contributed by atoms with Gasteiger partial charge in [-0.05, 0) is 5.56 Å². The van der Waals surface area contributed by atoms with Crippen LogP contribution in [0.2, 0.25) is 0 Å². The van der Waals surface area contributed by atoms with E-state index in [1.54, 1.807) is 31.2 Å². The van der Waals surface area contributed by atoms with Crippen molar-refractivity contribution in [3.05, 3.63) is 51.7 Å². The highest BCUT2D eigenvalue weighted by molar-refractivity contribution is 5.99. The highest BCUT2D eigenvalue weighted by Crippen LogP contribution is 2.12. The van der Waals surface area contributed by atoms with E-state index in [1.807, 2.05) is 0 Å². The van der Waals surface area contributed by atoms with Crippen LogP contribution >= 0.6 is 0 Å². The van der Waals surface area contributed by atoms with Crippen molar-refractivity contribution in [3.63, 3.8) is 0 Å². The molecule has 1 aromatic rings. The number of carbonyl (C=O) groups is 1. The first kappa shape index (κ1) is 11.1. The van der Waals surface area contributed by atoms with Gasteiger partial charge in [0.2, 0.25) is 6.20 Å². The van der Waals surface area contributed by atoms with Crippen molar-refractivity contribution in [1.29, 1.82) is 0 Å². The van der Waals surface area contributed by atoms with Crippen molar-refractivity contribution in [2.75, 3.05) is 0 Å². The molecule has 0 aliphatic rings. The molecule has 0 saturated carbocycles. The van der Waals surface area contributed by atoms with E-state index in [0.29, 0.717) is 17.5 Å². The van der Waals surface area contributed by atoms with Crippen molar-refractivity contribution in [1.82, 2.24) is 0 Å². The van der Waals surface area contributed by atoms with Gasteiger partial charge in [-0.25, -0.2) is 0 Å². The second kappa shape index (κ2) is 5.05. The van der Waals surface area contributed by atoms with Crippen LogP contribution in [-0.2, 0) is 0 Å². The van der Waals surface area contributed by atoms with Crippen molar-refractivity contribution < 1.29 is 9.72 Å². The van der Waals surface area contributed by atoms with Crippen LogP contribution in [0, 0.1) is 10.1 Å². The molecular weight excluding hydrogens is 194 g/mol. The second-order valence-electron chi connectivity index (χ2n) is 2.97. The van der Waals surface area contributed by atoms with Gasteiger partial charge in [0.05, 0.1) is 4.92 Å². The van der Waals surface area contributed by atoms with Crippen LogP contribution in [0.3, 0.4) is 0 Å². The van der Waals surface area contributed by atoms with E-state index < -0.39 is 4.92 Å². The zero-order chi connectivity index (χ0) is 11.3. The van der Waals surface area contributed by atoms with Gasteiger partial charge in [0.15, 0.2) is 5.78 Å². The molecule has 0 bridgehead atoms. The number of carbonyl (C=O) groups excluding carboxylic acids is 1. The van der Waals surface area contributed by atoms with Crippen LogP contribution in [0.5, 0.6) is 0 Å². The zero-order valence-electron chi connectivity index (χ0n) is 8.34. The maximum atomic E-state index is 11.5. The molecule has 0 N–H and O–H groups in total. The lowest BCUT2D eigenvalue weighted by molar-refractivity contribution is -0.400. The number of hydrogen-bond acceptors (Lipinski definition) is 3. The van der Waals surface area contributed by atoms with Gasteiger partial charge >= 0.3 is 0 Å². The van der Waals surface area contributed by atoms with Crippen LogP contribution < -0.4 is 0 Å². The molecule has 0 aromatic heterocycles. The van der Waals surface area contributed by atoms with Gasteiger partial charge < -0.3 is 0 Å². The highest BCUT2D eigenvalue weighted by atomic mass is 16.6. The fraction of sp³-hybridized carbons (Fsp3) is 0.182. The predicted octanol–water partition coefficient (Wildman–Crippen LogP) is 2.53. The third-order valence-corrected chi connectivity index (χ3v) is 1.96. The van der Waals surface area contributed by atoms with E-state index in [4.69, 9.17) is 0 Å². The summed E-state index contributed by atoms with van der Waals surface area (Å²) in [7, 11) is 0. The molecule has 0 aliphatic heterocycles. The summed E-state index contributed by atoms with van der Waals surface area (Å²) in [6.45, 7) is 1.76. The van der Waals surface area contributed by atoms with Gasteiger partial charge in [0, 0.05) is 18.1 Å². The number of nitro groups is 1. The van der Waals surface area contributed by atoms with Gasteiger partial charge in [-0.15, -0.1) is 0 Å². The number of benzene rings is 1. The third-order valence-electron chi connectivity index (χ3n) is 1.96. The van der Waals surface area contributed by atoms with Crippen molar-refractivity contribution >= 4 is 11.9 Å². The first-order valence-corrected chi connectivity index (χ1v) is 4.59. The van der Waals surface area contributed by atoms with E-state index in [-0.39, 0.29) is 5.78 Å². The average molecular weight is 205 g/mol. The lowest BCUT2D eigenvalue weighted by Gasteiger charge is -2.01. The zero-order valence-corrected chi connectivity index (χ0v) is 8.34. The van der Waals surface area contributed by atoms with Crippen molar-refractivity contribution in [3.8, 4) is 0 Å². The lowest BCUT2D eigenvalue weighted by atomic mass is 10.0. The molecule has 0 atom stereocenters. The Bertz CT molecular complexity index is 410. The van der Waals surface area contributed by atoms with E-state index in [0.717, 1.165) is 6.20 Å². The minimum absolute atomic E-state index is 0.0152. The number of hydrogen-bond donors (Lipinski definition) is 0. The quantitative estimate of drug-likeness (QED) is 0.431. The van der Waals surface area contributed by atoms with E-state index in [1.165, 1.54) is 6.08 Å². The Kier molecular flexibility index (Phi) is 3.74. The summed E-state index contributed by atoms with van der Waals surface area (Å²) in [4.78, 5) is 21.1. The Morgan fingerprint density at radius 1 is 1.47 bits per heavy atom. The minimum atomic E-state index is -0.548. The summed E-state index contributed by atoms with van der Waals surface area (Å²) in [6.07, 6.45) is 2.56. The molecule has 0 fully saturated rings. The van der Waals surface area contributed by atoms with Gasteiger partial charge in [0.1, 0.15) is 0 Å². The molecular formula is C11H11NO3. The van der Waals surface area contributed by atoms with Gasteiger partial charge in [0.25, 0.3) is 0 Å². The normalized spacial score (nSPS) is 10.5. The van der Waals surface area contributed by atoms with Gasteiger partial charge in [-0.2, -0.15) is 0 Å². The van der Waals surface area contributed by atoms with Crippen LogP contribution in [0.4, 0.5) is 0 Å². The molecule has 0 aliphatic carbocycles. The fourth-order valence-electron chi connectivity index (χ4n) is 1.23. The molecule has 4 heteroatoms. The Labute approximate surface area is 87.4 Å². The monoisotopic (exact) mass is 205 g/mol. The second-order valence-corrected chi connectivity index (χ2v) is 2.97. The van der Waals surface area contributed by atoms with Gasteiger partial charge in [-0.1, -0.05) is 31.2 Å². The Morgan fingerprint density at radius 2 is 2.13 bits per heavy atom. The SMILES string of the molecule is CCC(=O)c1ccccc1C=C[N+](=O)[O-]. The highest BCUT2D eigenvalue weighted by Gasteiger charge is 2.06. The summed E-state index contributed by atoms with van der Waals surface area (Å²) in [5.41, 5.74) is 1.11. The summed E-state index contributed by atoms with van der Waals surface area (Å²) in [5, 5.41) is 10.2. The Balaban J connectivity index is 3.06. The predicted molar refractivity (Wildman–Crippen MR) is 57.1 cm³/mol. The number of rotatable bonds is 4. The molecule has 0 saturated heterocycles. The van der Waals surface area contributed by atoms with Crippen LogP contribution in [0.25, 0.3) is 6.08 Å². The topological polar surface area (TPSA) is 60.2 Å². The van der Waals surface area contributed by atoms with E-state index >= 15 is 0 Å². The van der Waals surface area contributed by atoms with E-state index in [2.05, 4.69) is 0 Å². The number of Topliss-reactive ketones (excluding diaryl/α,β-unsaturated/α-hetero) is 1. The third kappa shape index (κ3) is 3.02. The maximum Gasteiger partial charge on any atom is 0.235 e. The lowest BCUT2D eigenvalue weighted by Crippen LogP contribution is -1.99.